The number of H-pyrrole nitrogens is 1. The molecular weight excluding hydrogens is 341 g/mol. The van der Waals surface area contributed by atoms with Gasteiger partial charge in [0.25, 0.3) is 0 Å². The molecule has 4 nitrogen and oxygen atoms in total. The Morgan fingerprint density at radius 2 is 1.81 bits per heavy atom. The lowest BCUT2D eigenvalue weighted by atomic mass is 10.1. The van der Waals surface area contributed by atoms with Crippen LogP contribution in [0.4, 0.5) is 10.1 Å². The number of amides is 1. The molecule has 1 N–H and O–H groups in total. The lowest BCUT2D eigenvalue weighted by Crippen LogP contribution is -2.31. The second-order valence-corrected chi connectivity index (χ2v) is 7.06. The molecule has 1 aromatic heterocycles. The summed E-state index contributed by atoms with van der Waals surface area (Å²) >= 11 is 0. The fraction of sp³-hybridized carbons (Fsp3) is 0.318. The van der Waals surface area contributed by atoms with Gasteiger partial charge < -0.3 is 14.8 Å². The minimum atomic E-state index is -0.288. The van der Waals surface area contributed by atoms with E-state index < -0.39 is 0 Å². The number of nitrogens with one attached hydrogen (secondary N) is 1. The number of aryl methyl sites for hydroxylation is 1. The van der Waals surface area contributed by atoms with E-state index >= 15 is 0 Å². The standard InChI is InChI=1S/C22H26FN3O/c1-5-26(14-16-6-9-18(10-7-16)25(3)4)22(27)13-19-15(2)24-21-11-8-17(23)12-20(19)21/h6-12,24H,5,13-14H2,1-4H3. The van der Waals surface area contributed by atoms with E-state index in [1.165, 1.54) is 12.1 Å². The third kappa shape index (κ3) is 4.13. The van der Waals surface area contributed by atoms with Crippen LogP contribution in [0.1, 0.15) is 23.7 Å². The van der Waals surface area contributed by atoms with E-state index in [0.717, 1.165) is 33.4 Å². The highest BCUT2D eigenvalue weighted by Crippen LogP contribution is 2.24. The minimum Gasteiger partial charge on any atom is -0.378 e. The smallest absolute Gasteiger partial charge is 0.227 e. The van der Waals surface area contributed by atoms with Crippen LogP contribution in [0.25, 0.3) is 10.9 Å². The minimum absolute atomic E-state index is 0.0439. The zero-order chi connectivity index (χ0) is 19.6. The lowest BCUT2D eigenvalue weighted by Gasteiger charge is -2.22. The van der Waals surface area contributed by atoms with Crippen LogP contribution in [0.5, 0.6) is 0 Å². The van der Waals surface area contributed by atoms with Crippen LogP contribution in [0.15, 0.2) is 42.5 Å². The van der Waals surface area contributed by atoms with E-state index in [-0.39, 0.29) is 18.1 Å². The van der Waals surface area contributed by atoms with Crippen LogP contribution in [-0.4, -0.2) is 36.4 Å². The van der Waals surface area contributed by atoms with Gasteiger partial charge in [-0.3, -0.25) is 4.79 Å². The van der Waals surface area contributed by atoms with Crippen LogP contribution in [0.2, 0.25) is 0 Å². The first-order valence-electron chi connectivity index (χ1n) is 9.19. The number of benzene rings is 2. The highest BCUT2D eigenvalue weighted by Gasteiger charge is 2.17. The number of carbonyl (C=O) groups is 1. The van der Waals surface area contributed by atoms with Gasteiger partial charge in [-0.25, -0.2) is 4.39 Å². The van der Waals surface area contributed by atoms with E-state index in [4.69, 9.17) is 0 Å². The highest BCUT2D eigenvalue weighted by molar-refractivity contribution is 5.90. The first-order chi connectivity index (χ1) is 12.9. The molecule has 1 amide bonds. The Balaban J connectivity index is 1.77. The van der Waals surface area contributed by atoms with Gasteiger partial charge in [0.05, 0.1) is 6.42 Å². The second-order valence-electron chi connectivity index (χ2n) is 7.06. The van der Waals surface area contributed by atoms with Crippen molar-refractivity contribution in [1.82, 2.24) is 9.88 Å². The quantitative estimate of drug-likeness (QED) is 0.707. The van der Waals surface area contributed by atoms with Gasteiger partial charge >= 0.3 is 0 Å². The maximum absolute atomic E-state index is 13.7. The van der Waals surface area contributed by atoms with E-state index in [1.54, 1.807) is 6.07 Å². The summed E-state index contributed by atoms with van der Waals surface area (Å²) in [7, 11) is 4.01. The lowest BCUT2D eigenvalue weighted by molar-refractivity contribution is -0.130. The van der Waals surface area contributed by atoms with E-state index in [0.29, 0.717) is 13.1 Å². The van der Waals surface area contributed by atoms with Gasteiger partial charge in [-0.1, -0.05) is 12.1 Å². The fourth-order valence-electron chi connectivity index (χ4n) is 3.34. The zero-order valence-electron chi connectivity index (χ0n) is 16.3. The van der Waals surface area contributed by atoms with Crippen molar-refractivity contribution in [2.45, 2.75) is 26.8 Å². The molecule has 0 aliphatic heterocycles. The van der Waals surface area contributed by atoms with Gasteiger partial charge in [-0.15, -0.1) is 0 Å². The molecular formula is C22H26FN3O. The number of carbonyl (C=O) groups excluding carboxylic acids is 1. The molecule has 27 heavy (non-hydrogen) atoms. The van der Waals surface area contributed by atoms with Crippen molar-refractivity contribution >= 4 is 22.5 Å². The van der Waals surface area contributed by atoms with Gasteiger partial charge in [-0.2, -0.15) is 0 Å². The highest BCUT2D eigenvalue weighted by atomic mass is 19.1. The molecule has 2 aromatic carbocycles. The van der Waals surface area contributed by atoms with Crippen LogP contribution in [-0.2, 0) is 17.8 Å². The molecule has 0 aliphatic carbocycles. The van der Waals surface area contributed by atoms with Crippen molar-refractivity contribution in [2.75, 3.05) is 25.5 Å². The molecule has 0 aliphatic rings. The van der Waals surface area contributed by atoms with Crippen molar-refractivity contribution in [3.63, 3.8) is 0 Å². The number of likely N-dealkylation sites (N-methyl/N-ethyl adjacent to an activating group) is 1. The first-order valence-corrected chi connectivity index (χ1v) is 9.19. The molecule has 0 saturated carbocycles. The summed E-state index contributed by atoms with van der Waals surface area (Å²) in [5, 5.41) is 0.784. The fourth-order valence-corrected chi connectivity index (χ4v) is 3.34. The molecule has 0 saturated heterocycles. The van der Waals surface area contributed by atoms with Gasteiger partial charge in [0.1, 0.15) is 5.82 Å². The molecule has 5 heteroatoms. The van der Waals surface area contributed by atoms with Crippen LogP contribution in [0, 0.1) is 12.7 Å². The summed E-state index contributed by atoms with van der Waals surface area (Å²) in [6.45, 7) is 5.10. The summed E-state index contributed by atoms with van der Waals surface area (Å²) in [6.07, 6.45) is 0.263. The van der Waals surface area contributed by atoms with Gasteiger partial charge in [-0.05, 0) is 55.3 Å². The largest absolute Gasteiger partial charge is 0.378 e. The number of rotatable bonds is 6. The third-order valence-corrected chi connectivity index (χ3v) is 4.97. The van der Waals surface area contributed by atoms with Crippen molar-refractivity contribution < 1.29 is 9.18 Å². The monoisotopic (exact) mass is 367 g/mol. The molecule has 3 rings (SSSR count). The van der Waals surface area contributed by atoms with E-state index in [9.17, 15) is 9.18 Å². The average Bonchev–Trinajstić information content (AvgIpc) is 2.95. The maximum atomic E-state index is 13.7. The number of nitrogens with zero attached hydrogens (tertiary/aromatic N) is 2. The number of aromatic nitrogens is 1. The summed E-state index contributed by atoms with van der Waals surface area (Å²) in [6, 6.07) is 12.9. The van der Waals surface area contributed by atoms with Gasteiger partial charge in [0.2, 0.25) is 5.91 Å². The topological polar surface area (TPSA) is 39.3 Å². The molecule has 0 fully saturated rings. The molecule has 3 aromatic rings. The summed E-state index contributed by atoms with van der Waals surface area (Å²) in [5.41, 5.74) is 4.87. The van der Waals surface area contributed by atoms with E-state index in [2.05, 4.69) is 29.2 Å². The Morgan fingerprint density at radius 1 is 1.11 bits per heavy atom. The van der Waals surface area contributed by atoms with Crippen LogP contribution in [0.3, 0.4) is 0 Å². The molecule has 0 radical (unpaired) electrons. The van der Waals surface area contributed by atoms with Crippen LogP contribution < -0.4 is 4.90 Å². The number of aromatic amines is 1. The first kappa shape index (κ1) is 19.0. The molecule has 142 valence electrons. The number of hydrogen-bond acceptors (Lipinski definition) is 2. The summed E-state index contributed by atoms with van der Waals surface area (Å²) in [4.78, 5) is 20.0. The molecule has 0 bridgehead atoms. The van der Waals surface area contributed by atoms with Crippen molar-refractivity contribution in [1.29, 1.82) is 0 Å². The van der Waals surface area contributed by atoms with Gasteiger partial charge in [0.15, 0.2) is 0 Å². The number of anilines is 1. The predicted octanol–water partition coefficient (Wildman–Crippen LogP) is 4.27. The average molecular weight is 367 g/mol. The molecule has 0 atom stereocenters. The second kappa shape index (κ2) is 7.82. The van der Waals surface area contributed by atoms with Crippen LogP contribution >= 0.6 is 0 Å². The Kier molecular flexibility index (Phi) is 5.49. The molecule has 0 unspecified atom stereocenters. The summed E-state index contributed by atoms with van der Waals surface area (Å²) < 4.78 is 13.7. The number of fused-ring (bicyclic) bond motifs is 1. The Labute approximate surface area is 159 Å². The van der Waals surface area contributed by atoms with Crippen molar-refractivity contribution in [3.8, 4) is 0 Å². The molecule has 1 heterocycles. The SMILES string of the molecule is CCN(Cc1ccc(N(C)C)cc1)C(=O)Cc1c(C)[nH]c2ccc(F)cc12. The van der Waals surface area contributed by atoms with E-state index in [1.807, 2.05) is 37.7 Å². The Bertz CT molecular complexity index is 944. The zero-order valence-corrected chi connectivity index (χ0v) is 16.3. The maximum Gasteiger partial charge on any atom is 0.227 e. The van der Waals surface area contributed by atoms with Gasteiger partial charge in [0, 0.05) is 49.5 Å². The molecule has 0 spiro atoms. The summed E-state index contributed by atoms with van der Waals surface area (Å²) in [5.74, 6) is -0.244. The predicted molar refractivity (Wildman–Crippen MR) is 109 cm³/mol. The third-order valence-electron chi connectivity index (χ3n) is 4.97. The van der Waals surface area contributed by atoms with Crippen molar-refractivity contribution in [2.24, 2.45) is 0 Å². The Hall–Kier alpha value is -2.82. The number of hydrogen-bond donors (Lipinski definition) is 1. The van der Waals surface area contributed by atoms with Crippen molar-refractivity contribution in [3.05, 3.63) is 65.1 Å². The number of halogens is 1. The normalized spacial score (nSPS) is 11.0. The Morgan fingerprint density at radius 3 is 2.44 bits per heavy atom.